The number of anilines is 1. The average molecular weight is 205 g/mol. The summed E-state index contributed by atoms with van der Waals surface area (Å²) in [5.74, 6) is 0.110. The third-order valence-corrected chi connectivity index (χ3v) is 2.73. The number of hydrogen-bond donors (Lipinski definition) is 0. The van der Waals surface area contributed by atoms with E-state index in [2.05, 4.69) is 0 Å². The van der Waals surface area contributed by atoms with Crippen molar-refractivity contribution in [3.63, 3.8) is 0 Å². The lowest BCUT2D eigenvalue weighted by atomic mass is 10.2. The molecule has 0 N–H and O–H groups in total. The standard InChI is InChI=1S/C11H11NOS/c1-8-2-4-9(5-3-8)12-10(13)6-7-11(12)14/h2-5H,6-7H2,1H3. The van der Waals surface area contributed by atoms with Crippen LogP contribution in [-0.4, -0.2) is 10.9 Å². The molecule has 3 heteroatoms. The maximum Gasteiger partial charge on any atom is 0.232 e. The van der Waals surface area contributed by atoms with E-state index in [-0.39, 0.29) is 5.91 Å². The molecule has 0 aromatic heterocycles. The van der Waals surface area contributed by atoms with Crippen LogP contribution in [0, 0.1) is 6.92 Å². The van der Waals surface area contributed by atoms with Gasteiger partial charge >= 0.3 is 0 Å². The number of rotatable bonds is 1. The van der Waals surface area contributed by atoms with Crippen molar-refractivity contribution in [2.75, 3.05) is 4.90 Å². The molecule has 1 saturated heterocycles. The van der Waals surface area contributed by atoms with Crippen molar-refractivity contribution >= 4 is 28.8 Å². The highest BCUT2D eigenvalue weighted by atomic mass is 32.1. The van der Waals surface area contributed by atoms with Gasteiger partial charge in [0.15, 0.2) is 0 Å². The zero-order chi connectivity index (χ0) is 10.1. The van der Waals surface area contributed by atoms with Crippen molar-refractivity contribution < 1.29 is 4.79 Å². The van der Waals surface area contributed by atoms with Gasteiger partial charge in [0.25, 0.3) is 0 Å². The third kappa shape index (κ3) is 1.55. The molecule has 1 aromatic carbocycles. The van der Waals surface area contributed by atoms with Crippen LogP contribution in [0.15, 0.2) is 24.3 Å². The van der Waals surface area contributed by atoms with E-state index in [1.807, 2.05) is 31.2 Å². The Labute approximate surface area is 88.5 Å². The van der Waals surface area contributed by atoms with Crippen LogP contribution < -0.4 is 4.90 Å². The Kier molecular flexibility index (Phi) is 2.33. The Balaban J connectivity index is 2.34. The second-order valence-corrected chi connectivity index (χ2v) is 3.93. The summed E-state index contributed by atoms with van der Waals surface area (Å²) in [5.41, 5.74) is 2.08. The smallest absolute Gasteiger partial charge is 0.232 e. The van der Waals surface area contributed by atoms with Gasteiger partial charge in [0, 0.05) is 18.5 Å². The van der Waals surface area contributed by atoms with Gasteiger partial charge in [-0.3, -0.25) is 9.69 Å². The molecule has 2 nitrogen and oxygen atoms in total. The maximum absolute atomic E-state index is 11.5. The second-order valence-electron chi connectivity index (χ2n) is 3.46. The Morgan fingerprint density at radius 3 is 2.36 bits per heavy atom. The number of carbonyl (C=O) groups excluding carboxylic acids is 1. The minimum atomic E-state index is 0.110. The minimum absolute atomic E-state index is 0.110. The van der Waals surface area contributed by atoms with E-state index in [1.165, 1.54) is 5.56 Å². The number of carbonyl (C=O) groups is 1. The monoisotopic (exact) mass is 205 g/mol. The number of aryl methyl sites for hydroxylation is 1. The molecule has 1 aromatic rings. The summed E-state index contributed by atoms with van der Waals surface area (Å²) in [4.78, 5) is 13.9. The second kappa shape index (κ2) is 3.50. The zero-order valence-corrected chi connectivity index (χ0v) is 8.80. The van der Waals surface area contributed by atoms with E-state index in [9.17, 15) is 4.79 Å². The lowest BCUT2D eigenvalue weighted by Crippen LogP contribution is -2.27. The van der Waals surface area contributed by atoms with Gasteiger partial charge in [-0.25, -0.2) is 0 Å². The molecule has 1 heterocycles. The molecule has 0 bridgehead atoms. The van der Waals surface area contributed by atoms with Crippen LogP contribution in [0.4, 0.5) is 5.69 Å². The molecule has 0 saturated carbocycles. The molecule has 2 rings (SSSR count). The molecule has 72 valence electrons. The minimum Gasteiger partial charge on any atom is -0.275 e. The Morgan fingerprint density at radius 2 is 1.86 bits per heavy atom. The summed E-state index contributed by atoms with van der Waals surface area (Å²) in [6.07, 6.45) is 1.26. The summed E-state index contributed by atoms with van der Waals surface area (Å²) >= 11 is 5.14. The molecule has 0 unspecified atom stereocenters. The molecule has 0 atom stereocenters. The van der Waals surface area contributed by atoms with Crippen LogP contribution in [0.3, 0.4) is 0 Å². The van der Waals surface area contributed by atoms with Gasteiger partial charge in [0.05, 0.1) is 4.99 Å². The van der Waals surface area contributed by atoms with Crippen LogP contribution in [0.5, 0.6) is 0 Å². The van der Waals surface area contributed by atoms with E-state index in [1.54, 1.807) is 4.90 Å². The van der Waals surface area contributed by atoms with E-state index in [0.717, 1.165) is 10.7 Å². The normalized spacial score (nSPS) is 16.5. The maximum atomic E-state index is 11.5. The number of thiocarbonyl (C=S) groups is 1. The first kappa shape index (κ1) is 9.34. The van der Waals surface area contributed by atoms with E-state index < -0.39 is 0 Å². The third-order valence-electron chi connectivity index (χ3n) is 2.34. The quantitative estimate of drug-likeness (QED) is 0.656. The molecule has 1 fully saturated rings. The first-order valence-electron chi connectivity index (χ1n) is 4.61. The van der Waals surface area contributed by atoms with Gasteiger partial charge in [-0.2, -0.15) is 0 Å². The topological polar surface area (TPSA) is 20.3 Å². The SMILES string of the molecule is Cc1ccc(N2C(=O)CCC2=S)cc1. The van der Waals surface area contributed by atoms with Crippen LogP contribution >= 0.6 is 12.2 Å². The highest BCUT2D eigenvalue weighted by Crippen LogP contribution is 2.23. The molecular weight excluding hydrogens is 194 g/mol. The van der Waals surface area contributed by atoms with Crippen molar-refractivity contribution in [2.45, 2.75) is 19.8 Å². The zero-order valence-electron chi connectivity index (χ0n) is 7.99. The van der Waals surface area contributed by atoms with Gasteiger partial charge < -0.3 is 0 Å². The van der Waals surface area contributed by atoms with E-state index >= 15 is 0 Å². The predicted octanol–water partition coefficient (Wildman–Crippen LogP) is 2.45. The number of nitrogens with zero attached hydrogens (tertiary/aromatic N) is 1. The predicted molar refractivity (Wildman–Crippen MR) is 60.5 cm³/mol. The number of amides is 1. The van der Waals surface area contributed by atoms with Crippen LogP contribution in [0.1, 0.15) is 18.4 Å². The Bertz CT molecular complexity index is 367. The Hall–Kier alpha value is -1.22. The lowest BCUT2D eigenvalue weighted by Gasteiger charge is -2.15. The molecule has 1 aliphatic heterocycles. The molecule has 14 heavy (non-hydrogen) atoms. The van der Waals surface area contributed by atoms with Crippen molar-refractivity contribution in [2.24, 2.45) is 0 Å². The fourth-order valence-corrected chi connectivity index (χ4v) is 1.87. The largest absolute Gasteiger partial charge is 0.275 e. The number of benzene rings is 1. The van der Waals surface area contributed by atoms with Crippen LogP contribution in [0.25, 0.3) is 0 Å². The van der Waals surface area contributed by atoms with Gasteiger partial charge in [-0.15, -0.1) is 0 Å². The van der Waals surface area contributed by atoms with Crippen LogP contribution in [0.2, 0.25) is 0 Å². The van der Waals surface area contributed by atoms with Gasteiger partial charge in [0.2, 0.25) is 5.91 Å². The number of hydrogen-bond acceptors (Lipinski definition) is 2. The van der Waals surface area contributed by atoms with Crippen molar-refractivity contribution in [1.29, 1.82) is 0 Å². The first-order chi connectivity index (χ1) is 6.68. The fraction of sp³-hybridized carbons (Fsp3) is 0.273. The van der Waals surface area contributed by atoms with E-state index in [0.29, 0.717) is 12.8 Å². The summed E-state index contributed by atoms with van der Waals surface area (Å²) in [6.45, 7) is 2.02. The molecule has 1 amide bonds. The highest BCUT2D eigenvalue weighted by Gasteiger charge is 2.26. The van der Waals surface area contributed by atoms with Gasteiger partial charge in [-0.1, -0.05) is 29.9 Å². The lowest BCUT2D eigenvalue weighted by molar-refractivity contribution is -0.116. The summed E-state index contributed by atoms with van der Waals surface area (Å²) < 4.78 is 0. The average Bonchev–Trinajstić information content (AvgIpc) is 2.49. The molecule has 0 radical (unpaired) electrons. The summed E-state index contributed by atoms with van der Waals surface area (Å²) in [7, 11) is 0. The van der Waals surface area contributed by atoms with Gasteiger partial charge in [-0.05, 0) is 19.1 Å². The van der Waals surface area contributed by atoms with Crippen molar-refractivity contribution in [3.8, 4) is 0 Å². The van der Waals surface area contributed by atoms with Crippen molar-refractivity contribution in [1.82, 2.24) is 0 Å². The molecule has 0 spiro atoms. The van der Waals surface area contributed by atoms with Crippen LogP contribution in [-0.2, 0) is 4.79 Å². The summed E-state index contributed by atoms with van der Waals surface area (Å²) in [6, 6.07) is 7.85. The van der Waals surface area contributed by atoms with Gasteiger partial charge in [0.1, 0.15) is 0 Å². The van der Waals surface area contributed by atoms with E-state index in [4.69, 9.17) is 12.2 Å². The first-order valence-corrected chi connectivity index (χ1v) is 5.02. The highest BCUT2D eigenvalue weighted by molar-refractivity contribution is 7.80. The fourth-order valence-electron chi connectivity index (χ4n) is 1.56. The molecule has 0 aliphatic carbocycles. The van der Waals surface area contributed by atoms with Crippen molar-refractivity contribution in [3.05, 3.63) is 29.8 Å². The Morgan fingerprint density at radius 1 is 1.21 bits per heavy atom. The molecule has 1 aliphatic rings. The molecular formula is C11H11NOS. The summed E-state index contributed by atoms with van der Waals surface area (Å²) in [5, 5.41) is 0.